The van der Waals surface area contributed by atoms with Crippen LogP contribution in [0.3, 0.4) is 0 Å². The molecule has 3 atom stereocenters. The van der Waals surface area contributed by atoms with E-state index in [2.05, 4.69) is 53.2 Å². The fraction of sp³-hybridized carbons (Fsp3) is 0.343. The molecular weight excluding hydrogens is 526 g/mol. The van der Waals surface area contributed by atoms with Crippen LogP contribution in [0.4, 0.5) is 10.6 Å². The number of pyridine rings is 1. The van der Waals surface area contributed by atoms with E-state index in [0.29, 0.717) is 25.5 Å². The van der Waals surface area contributed by atoms with Gasteiger partial charge in [-0.3, -0.25) is 0 Å². The monoisotopic (exact) mass is 565 g/mol. The third kappa shape index (κ3) is 6.56. The van der Waals surface area contributed by atoms with Crippen molar-refractivity contribution >= 4 is 28.7 Å². The van der Waals surface area contributed by atoms with E-state index in [1.807, 2.05) is 68.1 Å². The molecule has 0 radical (unpaired) electrons. The van der Waals surface area contributed by atoms with Gasteiger partial charge in [-0.25, -0.2) is 14.6 Å². The van der Waals surface area contributed by atoms with Gasteiger partial charge in [0.15, 0.2) is 5.69 Å². The Bertz CT molecular complexity index is 1540. The van der Waals surface area contributed by atoms with E-state index in [9.17, 15) is 14.7 Å². The molecule has 7 nitrogen and oxygen atoms in total. The Morgan fingerprint density at radius 1 is 0.976 bits per heavy atom. The van der Waals surface area contributed by atoms with Crippen LogP contribution in [0.1, 0.15) is 67.7 Å². The fourth-order valence-electron chi connectivity index (χ4n) is 5.97. The topological polar surface area (TPSA) is 83.0 Å². The van der Waals surface area contributed by atoms with Gasteiger partial charge in [-0.05, 0) is 74.1 Å². The fourth-order valence-corrected chi connectivity index (χ4v) is 5.97. The lowest BCUT2D eigenvalue weighted by Crippen LogP contribution is -2.47. The summed E-state index contributed by atoms with van der Waals surface area (Å²) in [5.74, 6) is -0.139. The zero-order valence-electron chi connectivity index (χ0n) is 24.7. The van der Waals surface area contributed by atoms with Gasteiger partial charge in [-0.1, -0.05) is 78.9 Å². The van der Waals surface area contributed by atoms with Crippen LogP contribution in [0.2, 0.25) is 0 Å². The molecule has 2 heterocycles. The third-order valence-electron chi connectivity index (χ3n) is 8.06. The van der Waals surface area contributed by atoms with E-state index in [0.717, 1.165) is 22.8 Å². The van der Waals surface area contributed by atoms with Gasteiger partial charge in [0, 0.05) is 25.6 Å². The Morgan fingerprint density at radius 2 is 1.67 bits per heavy atom. The van der Waals surface area contributed by atoms with Crippen molar-refractivity contribution in [1.29, 1.82) is 0 Å². The van der Waals surface area contributed by atoms with Crippen molar-refractivity contribution in [2.45, 2.75) is 51.7 Å². The molecule has 1 aliphatic heterocycles. The predicted molar refractivity (Wildman–Crippen MR) is 166 cm³/mol. The number of aromatic nitrogens is 1. The van der Waals surface area contributed by atoms with Crippen molar-refractivity contribution in [2.75, 3.05) is 24.5 Å². The minimum absolute atomic E-state index is 0.0332. The second-order valence-electron chi connectivity index (χ2n) is 12.1. The molecule has 5 rings (SSSR count). The van der Waals surface area contributed by atoms with Gasteiger partial charge < -0.3 is 19.6 Å². The Balaban J connectivity index is 1.49. The number of ether oxygens (including phenoxy) is 1. The summed E-state index contributed by atoms with van der Waals surface area (Å²) in [4.78, 5) is 33.9. The van der Waals surface area contributed by atoms with Crippen LogP contribution in [-0.2, 0) is 4.74 Å². The molecule has 1 N–H and O–H groups in total. The summed E-state index contributed by atoms with van der Waals surface area (Å²) in [5.41, 5.74) is 1.67. The zero-order chi connectivity index (χ0) is 29.9. The quantitative estimate of drug-likeness (QED) is 0.249. The molecule has 0 bridgehead atoms. The number of carbonyl (C=O) groups excluding carboxylic acids is 1. The number of rotatable bonds is 7. The van der Waals surface area contributed by atoms with E-state index in [-0.39, 0.29) is 29.7 Å². The Labute approximate surface area is 247 Å². The number of aromatic carboxylic acids is 1. The highest BCUT2D eigenvalue weighted by Crippen LogP contribution is 2.37. The van der Waals surface area contributed by atoms with Crippen molar-refractivity contribution < 1.29 is 19.4 Å². The Kier molecular flexibility index (Phi) is 8.48. The first kappa shape index (κ1) is 29.1. The van der Waals surface area contributed by atoms with E-state index >= 15 is 0 Å². The second kappa shape index (κ2) is 12.2. The molecule has 1 aromatic heterocycles. The number of carbonyl (C=O) groups is 2. The lowest BCUT2D eigenvalue weighted by atomic mass is 9.80. The number of hydrogen-bond acceptors (Lipinski definition) is 5. The maximum absolute atomic E-state index is 13.8. The average Bonchev–Trinajstić information content (AvgIpc) is 2.99. The van der Waals surface area contributed by atoms with E-state index in [4.69, 9.17) is 4.74 Å². The molecule has 218 valence electrons. The molecule has 0 spiro atoms. The predicted octanol–water partition coefficient (Wildman–Crippen LogP) is 7.54. The van der Waals surface area contributed by atoms with Crippen LogP contribution < -0.4 is 4.90 Å². The third-order valence-corrected chi connectivity index (χ3v) is 8.06. The summed E-state index contributed by atoms with van der Waals surface area (Å²) in [5, 5.41) is 11.8. The number of carboxylic acids is 1. The molecule has 7 heteroatoms. The van der Waals surface area contributed by atoms with Crippen LogP contribution >= 0.6 is 0 Å². The van der Waals surface area contributed by atoms with Gasteiger partial charge in [-0.15, -0.1) is 0 Å². The number of carboxylic acid groups (broad SMARTS) is 1. The summed E-state index contributed by atoms with van der Waals surface area (Å²) < 4.78 is 5.97. The zero-order valence-corrected chi connectivity index (χ0v) is 24.7. The molecule has 3 aromatic carbocycles. The molecule has 2 unspecified atom stereocenters. The molecule has 0 saturated carbocycles. The smallest absolute Gasteiger partial charge is 0.410 e. The maximum atomic E-state index is 13.8. The van der Waals surface area contributed by atoms with Gasteiger partial charge in [-0.2, -0.15) is 0 Å². The normalized spacial score (nSPS) is 18.0. The number of anilines is 1. The van der Waals surface area contributed by atoms with Gasteiger partial charge in [0.25, 0.3) is 0 Å². The number of nitrogens with zero attached hydrogens (tertiary/aromatic N) is 3. The van der Waals surface area contributed by atoms with Crippen molar-refractivity contribution in [3.63, 3.8) is 0 Å². The molecule has 4 aromatic rings. The first-order valence-electron chi connectivity index (χ1n) is 14.6. The highest BCUT2D eigenvalue weighted by Gasteiger charge is 2.36. The number of benzene rings is 3. The van der Waals surface area contributed by atoms with Gasteiger partial charge in [0.1, 0.15) is 11.4 Å². The van der Waals surface area contributed by atoms with Crippen LogP contribution in [0.5, 0.6) is 0 Å². The highest BCUT2D eigenvalue weighted by atomic mass is 16.6. The molecule has 42 heavy (non-hydrogen) atoms. The average molecular weight is 566 g/mol. The van der Waals surface area contributed by atoms with Crippen LogP contribution in [0, 0.1) is 5.92 Å². The van der Waals surface area contributed by atoms with Crippen molar-refractivity contribution in [3.8, 4) is 0 Å². The van der Waals surface area contributed by atoms with Crippen molar-refractivity contribution in [3.05, 3.63) is 108 Å². The number of piperidine rings is 1. The molecule has 1 fully saturated rings. The van der Waals surface area contributed by atoms with Crippen LogP contribution in [0.25, 0.3) is 10.8 Å². The summed E-state index contributed by atoms with van der Waals surface area (Å²) in [6.07, 6.45) is 0.480. The summed E-state index contributed by atoms with van der Waals surface area (Å²) in [6.45, 7) is 9.67. The molecular formula is C35H39N3O4. The van der Waals surface area contributed by atoms with Gasteiger partial charge >= 0.3 is 12.1 Å². The summed E-state index contributed by atoms with van der Waals surface area (Å²) in [7, 11) is 0. The first-order valence-corrected chi connectivity index (χ1v) is 14.6. The first-order chi connectivity index (χ1) is 20.1. The molecule has 1 amide bonds. The summed E-state index contributed by atoms with van der Waals surface area (Å²) in [6, 6.07) is 29.8. The Hall–Kier alpha value is -4.39. The van der Waals surface area contributed by atoms with Crippen LogP contribution in [-0.4, -0.2) is 52.3 Å². The minimum Gasteiger partial charge on any atom is -0.477 e. The standard InChI is InChI=1S/C35H39N3O4/c1-24(28-17-10-15-25-14-8-9-16-29(25)28)38(34(41)42-35(2,3)4)22-27-20-21-37(23-30(27)26-12-6-5-7-13-26)32-19-11-18-31(36-32)33(39)40/h5-19,24,27,30H,20-23H2,1-4H3,(H,39,40)/t24-,27?,30?/m1/s1. The minimum atomic E-state index is -1.04. The van der Waals surface area contributed by atoms with Crippen molar-refractivity contribution in [1.82, 2.24) is 9.88 Å². The summed E-state index contributed by atoms with van der Waals surface area (Å²) >= 11 is 0. The van der Waals surface area contributed by atoms with E-state index in [1.165, 1.54) is 11.6 Å². The highest BCUT2D eigenvalue weighted by molar-refractivity contribution is 5.87. The number of amides is 1. The lowest BCUT2D eigenvalue weighted by Gasteiger charge is -2.43. The Morgan fingerprint density at radius 3 is 2.40 bits per heavy atom. The SMILES string of the molecule is C[C@H](c1cccc2ccccc12)N(CC1CCN(c2cccc(C(=O)O)n2)CC1c1ccccc1)C(=O)OC(C)(C)C. The maximum Gasteiger partial charge on any atom is 0.410 e. The van der Waals surface area contributed by atoms with Gasteiger partial charge in [0.05, 0.1) is 6.04 Å². The largest absolute Gasteiger partial charge is 0.477 e. The second-order valence-corrected chi connectivity index (χ2v) is 12.1. The van der Waals surface area contributed by atoms with Crippen LogP contribution in [0.15, 0.2) is 91.0 Å². The lowest BCUT2D eigenvalue weighted by molar-refractivity contribution is 0.0121. The van der Waals surface area contributed by atoms with Crippen molar-refractivity contribution in [2.24, 2.45) is 5.92 Å². The molecule has 0 aliphatic carbocycles. The molecule has 1 aliphatic rings. The number of hydrogen-bond donors (Lipinski definition) is 1. The van der Waals surface area contributed by atoms with E-state index in [1.54, 1.807) is 6.07 Å². The van der Waals surface area contributed by atoms with Gasteiger partial charge in [0.2, 0.25) is 0 Å². The van der Waals surface area contributed by atoms with E-state index < -0.39 is 11.6 Å². The molecule has 1 saturated heterocycles. The number of fused-ring (bicyclic) bond motifs is 1.